The van der Waals surface area contributed by atoms with E-state index < -0.39 is 0 Å². The van der Waals surface area contributed by atoms with Crippen molar-refractivity contribution in [2.75, 3.05) is 62.6 Å². The quantitative estimate of drug-likeness (QED) is 0.711. The number of likely N-dealkylation sites (N-methyl/N-ethyl adjacent to an activating group) is 1. The molecule has 1 amide bonds. The van der Waals surface area contributed by atoms with Gasteiger partial charge in [0.2, 0.25) is 12.4 Å². The first-order valence-electron chi connectivity index (χ1n) is 9.32. The Kier molecular flexibility index (Phi) is 6.26. The molecular weight excluding hydrogens is 348 g/mol. The highest BCUT2D eigenvalue weighted by Crippen LogP contribution is 2.31. The number of aromatic nitrogens is 2. The summed E-state index contributed by atoms with van der Waals surface area (Å²) in [5, 5.41) is 6.81. The Morgan fingerprint density at radius 3 is 2.62 bits per heavy atom. The zero-order valence-corrected chi connectivity index (χ0v) is 16.7. The van der Waals surface area contributed by atoms with Gasteiger partial charge in [0, 0.05) is 39.3 Å². The summed E-state index contributed by atoms with van der Waals surface area (Å²) < 4.78 is 0. The van der Waals surface area contributed by atoms with Crippen molar-refractivity contribution in [3.05, 3.63) is 10.9 Å². The van der Waals surface area contributed by atoms with Gasteiger partial charge in [0.15, 0.2) is 0 Å². The smallest absolute Gasteiger partial charge is 0.228 e. The predicted molar refractivity (Wildman–Crippen MR) is 108 cm³/mol. The Morgan fingerprint density at radius 2 is 1.96 bits per heavy atom. The number of nitrogens with zero attached hydrogens (tertiary/aromatic N) is 5. The number of hydrogen-bond donors (Lipinski definition) is 1. The van der Waals surface area contributed by atoms with Crippen LogP contribution < -0.4 is 10.2 Å². The number of aryl methyl sites for hydroxylation is 1. The fourth-order valence-electron chi connectivity index (χ4n) is 3.24. The SMILES string of the molecule is CCN(CC)CCNc1nc(N2CCN(C=O)CC2)nc2scc(C)c12. The van der Waals surface area contributed by atoms with Gasteiger partial charge >= 0.3 is 0 Å². The van der Waals surface area contributed by atoms with Gasteiger partial charge < -0.3 is 20.0 Å². The number of fused-ring (bicyclic) bond motifs is 1. The number of nitrogens with one attached hydrogen (secondary N) is 1. The minimum atomic E-state index is 0.721. The minimum Gasteiger partial charge on any atom is -0.368 e. The standard InChI is InChI=1S/C18H28N6OS/c1-4-22(5-2)7-6-19-16-15-14(3)12-26-17(15)21-18(20-16)24-10-8-23(13-25)9-11-24/h12-13H,4-11H2,1-3H3,(H,19,20,21). The molecule has 0 aliphatic carbocycles. The average molecular weight is 377 g/mol. The summed E-state index contributed by atoms with van der Waals surface area (Å²) in [6.07, 6.45) is 0.921. The van der Waals surface area contributed by atoms with Crippen LogP contribution in [0.3, 0.4) is 0 Å². The number of amides is 1. The van der Waals surface area contributed by atoms with Crippen LogP contribution in [0.5, 0.6) is 0 Å². The number of anilines is 2. The molecule has 3 heterocycles. The molecule has 2 aromatic heterocycles. The van der Waals surface area contributed by atoms with E-state index in [9.17, 15) is 4.79 Å². The first-order chi connectivity index (χ1) is 12.7. The molecule has 26 heavy (non-hydrogen) atoms. The lowest BCUT2D eigenvalue weighted by Crippen LogP contribution is -2.46. The minimum absolute atomic E-state index is 0.721. The van der Waals surface area contributed by atoms with Gasteiger partial charge in [-0.05, 0) is 31.0 Å². The zero-order chi connectivity index (χ0) is 18.5. The fourth-order valence-corrected chi connectivity index (χ4v) is 4.16. The van der Waals surface area contributed by atoms with Gasteiger partial charge in [0.05, 0.1) is 5.39 Å². The number of piperazine rings is 1. The van der Waals surface area contributed by atoms with Crippen molar-refractivity contribution in [1.29, 1.82) is 0 Å². The summed E-state index contributed by atoms with van der Waals surface area (Å²) in [4.78, 5) is 27.9. The molecule has 2 aromatic rings. The maximum absolute atomic E-state index is 10.9. The van der Waals surface area contributed by atoms with Crippen LogP contribution >= 0.6 is 11.3 Å². The van der Waals surface area contributed by atoms with Gasteiger partial charge in [-0.1, -0.05) is 13.8 Å². The molecule has 0 aromatic carbocycles. The number of carbonyl (C=O) groups excluding carboxylic acids is 1. The van der Waals surface area contributed by atoms with Crippen LogP contribution in [0.15, 0.2) is 5.38 Å². The molecule has 1 saturated heterocycles. The molecule has 7 nitrogen and oxygen atoms in total. The van der Waals surface area contributed by atoms with Crippen molar-refractivity contribution in [3.8, 4) is 0 Å². The van der Waals surface area contributed by atoms with Crippen LogP contribution in [0.1, 0.15) is 19.4 Å². The van der Waals surface area contributed by atoms with Gasteiger partial charge in [-0.15, -0.1) is 11.3 Å². The third-order valence-corrected chi connectivity index (χ3v) is 5.96. The van der Waals surface area contributed by atoms with Crippen molar-refractivity contribution in [3.63, 3.8) is 0 Å². The van der Waals surface area contributed by atoms with E-state index >= 15 is 0 Å². The van der Waals surface area contributed by atoms with Gasteiger partial charge in [-0.2, -0.15) is 4.98 Å². The normalized spacial score (nSPS) is 15.1. The molecular formula is C18H28N6OS. The molecule has 1 fully saturated rings. The van der Waals surface area contributed by atoms with E-state index in [1.807, 2.05) is 0 Å². The molecule has 0 bridgehead atoms. The molecule has 0 atom stereocenters. The lowest BCUT2D eigenvalue weighted by Gasteiger charge is -2.32. The second kappa shape index (κ2) is 8.64. The van der Waals surface area contributed by atoms with Crippen molar-refractivity contribution < 1.29 is 4.79 Å². The maximum atomic E-state index is 10.9. The molecule has 3 rings (SSSR count). The zero-order valence-electron chi connectivity index (χ0n) is 15.9. The number of hydrogen-bond acceptors (Lipinski definition) is 7. The van der Waals surface area contributed by atoms with E-state index in [0.29, 0.717) is 0 Å². The van der Waals surface area contributed by atoms with Gasteiger partial charge in [0.25, 0.3) is 0 Å². The maximum Gasteiger partial charge on any atom is 0.228 e. The van der Waals surface area contributed by atoms with Crippen molar-refractivity contribution in [2.45, 2.75) is 20.8 Å². The van der Waals surface area contributed by atoms with E-state index in [4.69, 9.17) is 9.97 Å². The Morgan fingerprint density at radius 1 is 1.23 bits per heavy atom. The molecule has 0 spiro atoms. The van der Waals surface area contributed by atoms with E-state index in [1.165, 1.54) is 5.56 Å². The Bertz CT molecular complexity index is 737. The van der Waals surface area contributed by atoms with Crippen LogP contribution in [0.2, 0.25) is 0 Å². The highest BCUT2D eigenvalue weighted by molar-refractivity contribution is 7.17. The summed E-state index contributed by atoms with van der Waals surface area (Å²) in [6.45, 7) is 13.4. The molecule has 0 saturated carbocycles. The van der Waals surface area contributed by atoms with Gasteiger partial charge in [-0.3, -0.25) is 4.79 Å². The summed E-state index contributed by atoms with van der Waals surface area (Å²) in [5.41, 5.74) is 1.22. The second-order valence-electron chi connectivity index (χ2n) is 6.55. The molecule has 1 aliphatic heterocycles. The van der Waals surface area contributed by atoms with E-state index in [0.717, 1.165) is 80.8 Å². The average Bonchev–Trinajstić information content (AvgIpc) is 3.06. The van der Waals surface area contributed by atoms with Crippen molar-refractivity contribution >= 4 is 39.7 Å². The molecule has 1 N–H and O–H groups in total. The van der Waals surface area contributed by atoms with Gasteiger partial charge in [-0.25, -0.2) is 4.98 Å². The van der Waals surface area contributed by atoms with Gasteiger partial charge in [0.1, 0.15) is 10.6 Å². The topological polar surface area (TPSA) is 64.6 Å². The predicted octanol–water partition coefficient (Wildman–Crippen LogP) is 2.03. The first-order valence-corrected chi connectivity index (χ1v) is 10.2. The summed E-state index contributed by atoms with van der Waals surface area (Å²) in [7, 11) is 0. The Labute approximate surface area is 159 Å². The number of thiophene rings is 1. The molecule has 142 valence electrons. The van der Waals surface area contributed by atoms with Crippen LogP contribution in [-0.4, -0.2) is 78.5 Å². The Hall–Kier alpha value is -1.93. The second-order valence-corrected chi connectivity index (χ2v) is 7.41. The van der Waals surface area contributed by atoms with E-state index in [2.05, 4.69) is 41.3 Å². The molecule has 8 heteroatoms. The van der Waals surface area contributed by atoms with Crippen LogP contribution in [0.4, 0.5) is 11.8 Å². The molecule has 0 radical (unpaired) electrons. The highest BCUT2D eigenvalue weighted by Gasteiger charge is 2.20. The third kappa shape index (κ3) is 4.07. The van der Waals surface area contributed by atoms with Crippen LogP contribution in [0, 0.1) is 6.92 Å². The number of rotatable bonds is 8. The molecule has 1 aliphatic rings. The van der Waals surface area contributed by atoms with E-state index in [-0.39, 0.29) is 0 Å². The fraction of sp³-hybridized carbons (Fsp3) is 0.611. The highest BCUT2D eigenvalue weighted by atomic mass is 32.1. The lowest BCUT2D eigenvalue weighted by molar-refractivity contribution is -0.118. The summed E-state index contributed by atoms with van der Waals surface area (Å²) >= 11 is 1.67. The van der Waals surface area contributed by atoms with Crippen molar-refractivity contribution in [2.24, 2.45) is 0 Å². The van der Waals surface area contributed by atoms with E-state index in [1.54, 1.807) is 16.2 Å². The lowest BCUT2D eigenvalue weighted by atomic mass is 10.2. The Balaban J connectivity index is 1.79. The summed E-state index contributed by atoms with van der Waals surface area (Å²) in [6, 6.07) is 0. The van der Waals surface area contributed by atoms with Crippen LogP contribution in [0.25, 0.3) is 10.2 Å². The monoisotopic (exact) mass is 376 g/mol. The van der Waals surface area contributed by atoms with Crippen molar-refractivity contribution in [1.82, 2.24) is 19.8 Å². The summed E-state index contributed by atoms with van der Waals surface area (Å²) in [5.74, 6) is 1.68. The van der Waals surface area contributed by atoms with Crippen LogP contribution in [-0.2, 0) is 4.79 Å². The largest absolute Gasteiger partial charge is 0.368 e. The third-order valence-electron chi connectivity index (χ3n) is 4.97. The number of carbonyl (C=O) groups is 1. The first kappa shape index (κ1) is 18.8. The molecule has 0 unspecified atom stereocenters.